The van der Waals surface area contributed by atoms with Crippen LogP contribution in [0.4, 0.5) is 5.69 Å². The molecule has 164 valence electrons. The van der Waals surface area contributed by atoms with Gasteiger partial charge in [0.1, 0.15) is 5.57 Å². The van der Waals surface area contributed by atoms with Crippen molar-refractivity contribution in [3.63, 3.8) is 0 Å². The Labute approximate surface area is 205 Å². The highest BCUT2D eigenvalue weighted by atomic mass is 32.2. The van der Waals surface area contributed by atoms with Crippen molar-refractivity contribution in [3.8, 4) is 0 Å². The van der Waals surface area contributed by atoms with Crippen LogP contribution in [0.1, 0.15) is 11.1 Å². The summed E-state index contributed by atoms with van der Waals surface area (Å²) in [5, 5.41) is 2.58. The number of anilines is 1. The van der Waals surface area contributed by atoms with Crippen LogP contribution in [0.2, 0.25) is 0 Å². The molecule has 2 aromatic rings. The average molecular weight is 492 g/mol. The van der Waals surface area contributed by atoms with E-state index in [1.807, 2.05) is 30.3 Å². The lowest BCUT2D eigenvalue weighted by molar-refractivity contribution is -0.128. The Bertz CT molecular complexity index is 1250. The molecule has 0 bridgehead atoms. The molecule has 6 nitrogen and oxygen atoms in total. The van der Waals surface area contributed by atoms with Crippen LogP contribution in [-0.4, -0.2) is 38.6 Å². The predicted octanol–water partition coefficient (Wildman–Crippen LogP) is 3.91. The van der Waals surface area contributed by atoms with Crippen LogP contribution < -0.4 is 10.2 Å². The molecule has 1 N–H and O–H groups in total. The van der Waals surface area contributed by atoms with Crippen molar-refractivity contribution in [2.45, 2.75) is 0 Å². The lowest BCUT2D eigenvalue weighted by atomic mass is 10.1. The topological polar surface area (TPSA) is 69.7 Å². The zero-order valence-corrected chi connectivity index (χ0v) is 19.6. The van der Waals surface area contributed by atoms with Gasteiger partial charge in [-0.2, -0.15) is 0 Å². The fraction of sp³-hybridized carbons (Fsp3) is 0.0417. The number of carbonyl (C=O) groups is 3. The van der Waals surface area contributed by atoms with Gasteiger partial charge in [-0.3, -0.25) is 29.5 Å². The van der Waals surface area contributed by atoms with E-state index < -0.39 is 11.8 Å². The minimum Gasteiger partial charge on any atom is -0.298 e. The van der Waals surface area contributed by atoms with Crippen LogP contribution in [0.15, 0.2) is 77.7 Å². The monoisotopic (exact) mass is 491 g/mol. The molecule has 0 radical (unpaired) electrons. The first-order valence-electron chi connectivity index (χ1n) is 9.82. The van der Waals surface area contributed by atoms with Gasteiger partial charge in [0, 0.05) is 6.54 Å². The van der Waals surface area contributed by atoms with Gasteiger partial charge in [-0.25, -0.2) is 0 Å². The van der Waals surface area contributed by atoms with Crippen LogP contribution in [-0.2, 0) is 14.4 Å². The molecule has 9 heteroatoms. The normalized spacial score (nSPS) is 19.0. The Morgan fingerprint density at radius 1 is 0.909 bits per heavy atom. The third kappa shape index (κ3) is 4.70. The quantitative estimate of drug-likeness (QED) is 0.296. The van der Waals surface area contributed by atoms with Crippen LogP contribution >= 0.6 is 36.2 Å². The zero-order chi connectivity index (χ0) is 23.5. The zero-order valence-electron chi connectivity index (χ0n) is 17.2. The summed E-state index contributed by atoms with van der Waals surface area (Å²) in [6, 6.07) is 16.4. The summed E-state index contributed by atoms with van der Waals surface area (Å²) in [4.78, 5) is 41.1. The Morgan fingerprint density at radius 2 is 1.55 bits per heavy atom. The molecule has 33 heavy (non-hydrogen) atoms. The highest BCUT2D eigenvalue weighted by Gasteiger charge is 2.34. The number of nitrogens with zero attached hydrogens (tertiary/aromatic N) is 2. The number of carbonyl (C=O) groups excluding carboxylic acids is 3. The van der Waals surface area contributed by atoms with Gasteiger partial charge in [-0.1, -0.05) is 72.5 Å². The highest BCUT2D eigenvalue weighted by molar-refractivity contribution is 8.27. The first-order chi connectivity index (χ1) is 15.9. The van der Waals surface area contributed by atoms with Gasteiger partial charge in [0.15, 0.2) is 9.43 Å². The number of nitrogens with one attached hydrogen (secondary N) is 1. The lowest BCUT2D eigenvalue weighted by Crippen LogP contribution is -2.53. The Kier molecular flexibility index (Phi) is 6.64. The number of hydrogen-bond acceptors (Lipinski definition) is 6. The van der Waals surface area contributed by atoms with Gasteiger partial charge in [0.25, 0.3) is 17.7 Å². The maximum Gasteiger partial charge on any atom is 0.270 e. The fourth-order valence-corrected chi connectivity index (χ4v) is 4.81. The van der Waals surface area contributed by atoms with E-state index >= 15 is 0 Å². The van der Waals surface area contributed by atoms with Crippen molar-refractivity contribution >= 4 is 81.2 Å². The molecule has 2 fully saturated rings. The first kappa shape index (κ1) is 22.8. The number of para-hydroxylation sites is 1. The molecule has 3 amide bonds. The van der Waals surface area contributed by atoms with Gasteiger partial charge in [0.2, 0.25) is 0 Å². The smallest absolute Gasteiger partial charge is 0.270 e. The number of hydrogen-bond donors (Lipinski definition) is 1. The van der Waals surface area contributed by atoms with Crippen molar-refractivity contribution in [1.82, 2.24) is 10.2 Å². The van der Waals surface area contributed by atoms with Crippen LogP contribution in [0.5, 0.6) is 0 Å². The summed E-state index contributed by atoms with van der Waals surface area (Å²) < 4.78 is 0.475. The van der Waals surface area contributed by atoms with Crippen molar-refractivity contribution in [3.05, 3.63) is 88.9 Å². The molecule has 2 aliphatic heterocycles. The molecule has 0 aliphatic carbocycles. The highest BCUT2D eigenvalue weighted by Crippen LogP contribution is 2.35. The molecule has 4 rings (SSSR count). The third-order valence-corrected chi connectivity index (χ3v) is 6.48. The van der Waals surface area contributed by atoms with Gasteiger partial charge in [0.05, 0.1) is 10.6 Å². The van der Waals surface area contributed by atoms with Crippen molar-refractivity contribution < 1.29 is 14.4 Å². The maximum atomic E-state index is 12.9. The van der Waals surface area contributed by atoms with Crippen molar-refractivity contribution in [2.24, 2.45) is 0 Å². The standard InChI is InChI=1S/C24H17N3O3S3/c1-2-12-26-21(29)18(20(28)25-23(26)31)13-15-8-10-16(11-9-15)14-19-22(30)27(24(32)33-19)17-6-4-3-5-7-17/h2-11,13-14H,1,12H2,(H,25,28,31)/b18-13+,19-14-. The van der Waals surface area contributed by atoms with Crippen molar-refractivity contribution in [1.29, 1.82) is 0 Å². The third-order valence-electron chi connectivity index (χ3n) is 4.85. The van der Waals surface area contributed by atoms with Gasteiger partial charge in [-0.05, 0) is 47.6 Å². The number of thiocarbonyl (C=S) groups is 2. The minimum atomic E-state index is -0.543. The molecule has 0 atom stereocenters. The molecule has 2 aromatic carbocycles. The maximum absolute atomic E-state index is 12.9. The SMILES string of the molecule is C=CCN1C(=O)/C(=C/c2ccc(/C=C3\SC(=S)N(c4ccccc4)C3=O)cc2)C(=O)NC1=S. The Morgan fingerprint density at radius 3 is 2.18 bits per heavy atom. The molecule has 2 aliphatic rings. The number of thioether (sulfide) groups is 1. The summed E-state index contributed by atoms with van der Waals surface area (Å²) in [6.07, 6.45) is 4.81. The molecule has 2 saturated heterocycles. The summed E-state index contributed by atoms with van der Waals surface area (Å²) in [6.45, 7) is 3.81. The van der Waals surface area contributed by atoms with Crippen molar-refractivity contribution in [2.75, 3.05) is 11.4 Å². The summed E-state index contributed by atoms with van der Waals surface area (Å²) in [5.41, 5.74) is 2.17. The summed E-state index contributed by atoms with van der Waals surface area (Å²) >= 11 is 11.7. The van der Waals surface area contributed by atoms with E-state index in [1.165, 1.54) is 33.7 Å². The van der Waals surface area contributed by atoms with Crippen LogP contribution in [0, 0.1) is 0 Å². The Balaban J connectivity index is 1.55. The molecular formula is C24H17N3O3S3. The van der Waals surface area contributed by atoms with E-state index in [9.17, 15) is 14.4 Å². The molecule has 0 saturated carbocycles. The van der Waals surface area contributed by atoms with Gasteiger partial charge < -0.3 is 0 Å². The predicted molar refractivity (Wildman–Crippen MR) is 139 cm³/mol. The minimum absolute atomic E-state index is 0.0121. The van der Waals surface area contributed by atoms with E-state index in [4.69, 9.17) is 24.4 Å². The molecule has 0 unspecified atom stereocenters. The van der Waals surface area contributed by atoms with Gasteiger partial charge in [-0.15, -0.1) is 6.58 Å². The van der Waals surface area contributed by atoms with E-state index in [2.05, 4.69) is 11.9 Å². The number of amides is 3. The largest absolute Gasteiger partial charge is 0.298 e. The molecule has 0 spiro atoms. The average Bonchev–Trinajstić information content (AvgIpc) is 3.08. The van der Waals surface area contributed by atoms with Crippen LogP contribution in [0.25, 0.3) is 12.2 Å². The lowest BCUT2D eigenvalue weighted by Gasteiger charge is -2.27. The number of benzene rings is 2. The Hall–Kier alpha value is -3.40. The van der Waals surface area contributed by atoms with E-state index in [0.717, 1.165) is 11.3 Å². The second-order valence-electron chi connectivity index (χ2n) is 7.04. The first-order valence-corrected chi connectivity index (χ1v) is 11.4. The van der Waals surface area contributed by atoms with E-state index in [-0.39, 0.29) is 23.1 Å². The van der Waals surface area contributed by atoms with E-state index in [1.54, 1.807) is 30.3 Å². The molecular weight excluding hydrogens is 474 g/mol. The summed E-state index contributed by atoms with van der Waals surface area (Å²) in [7, 11) is 0. The second-order valence-corrected chi connectivity index (χ2v) is 9.10. The van der Waals surface area contributed by atoms with Gasteiger partial charge >= 0.3 is 0 Å². The van der Waals surface area contributed by atoms with E-state index in [0.29, 0.717) is 14.8 Å². The number of rotatable bonds is 5. The summed E-state index contributed by atoms with van der Waals surface area (Å²) in [5.74, 6) is -1.19. The van der Waals surface area contributed by atoms with Crippen LogP contribution in [0.3, 0.4) is 0 Å². The molecule has 2 heterocycles. The second kappa shape index (κ2) is 9.62. The fourth-order valence-electron chi connectivity index (χ4n) is 3.26. The molecule has 0 aromatic heterocycles.